The third-order valence-corrected chi connectivity index (χ3v) is 5.36. The lowest BCUT2D eigenvalue weighted by Crippen LogP contribution is -2.49. The van der Waals surface area contributed by atoms with Gasteiger partial charge >= 0.3 is 5.97 Å². The summed E-state index contributed by atoms with van der Waals surface area (Å²) in [5.41, 5.74) is -0.311. The van der Waals surface area contributed by atoms with Crippen molar-refractivity contribution in [3.05, 3.63) is 29.0 Å². The summed E-state index contributed by atoms with van der Waals surface area (Å²) in [6.45, 7) is 6.46. The maximum Gasteiger partial charge on any atom is 0.327 e. The Hall–Kier alpha value is -1.17. The van der Waals surface area contributed by atoms with E-state index in [1.165, 1.54) is 0 Å². The van der Waals surface area contributed by atoms with Gasteiger partial charge in [0.1, 0.15) is 16.3 Å². The molecule has 2 saturated heterocycles. The molecule has 2 aliphatic heterocycles. The van der Waals surface area contributed by atoms with Crippen molar-refractivity contribution in [1.29, 1.82) is 0 Å². The highest BCUT2D eigenvalue weighted by atomic mass is 35.5. The van der Waals surface area contributed by atoms with Crippen LogP contribution >= 0.6 is 11.6 Å². The lowest BCUT2D eigenvalue weighted by Gasteiger charge is -2.35. The first-order valence-corrected chi connectivity index (χ1v) is 8.88. The minimum absolute atomic E-state index is 0.0109. The second-order valence-corrected chi connectivity index (χ2v) is 8.16. The maximum atomic E-state index is 13.0. The Kier molecular flexibility index (Phi) is 4.62. The first-order chi connectivity index (χ1) is 11.3. The third-order valence-electron chi connectivity index (χ3n) is 5.04. The molecule has 24 heavy (non-hydrogen) atoms. The van der Waals surface area contributed by atoms with E-state index in [1.807, 2.05) is 32.9 Å². The van der Waals surface area contributed by atoms with E-state index in [0.717, 1.165) is 24.9 Å². The first kappa shape index (κ1) is 17.6. The van der Waals surface area contributed by atoms with Crippen LogP contribution < -0.4 is 0 Å². The summed E-state index contributed by atoms with van der Waals surface area (Å²) < 4.78 is 5.72. The Morgan fingerprint density at radius 3 is 2.92 bits per heavy atom. The van der Waals surface area contributed by atoms with Gasteiger partial charge in [0.2, 0.25) is 0 Å². The van der Waals surface area contributed by atoms with E-state index < -0.39 is 11.1 Å². The number of carbonyl (C=O) groups is 1. The largest absolute Gasteiger partial charge is 0.459 e. The van der Waals surface area contributed by atoms with E-state index in [2.05, 4.69) is 9.88 Å². The van der Waals surface area contributed by atoms with E-state index in [0.29, 0.717) is 11.6 Å². The molecule has 1 N–H and O–H groups in total. The highest BCUT2D eigenvalue weighted by Gasteiger charge is 2.60. The van der Waals surface area contributed by atoms with Crippen LogP contribution in [0, 0.1) is 5.92 Å². The summed E-state index contributed by atoms with van der Waals surface area (Å²) in [5.74, 6) is -0.243. The number of ether oxygens (including phenoxy) is 1. The zero-order chi connectivity index (χ0) is 17.5. The van der Waals surface area contributed by atoms with Gasteiger partial charge in [0.05, 0.1) is 0 Å². The van der Waals surface area contributed by atoms with Gasteiger partial charge in [-0.1, -0.05) is 17.7 Å². The quantitative estimate of drug-likeness (QED) is 0.669. The molecule has 1 aromatic heterocycles. The summed E-state index contributed by atoms with van der Waals surface area (Å²) in [6.07, 6.45) is 3.94. The summed E-state index contributed by atoms with van der Waals surface area (Å²) >= 11 is 6.31. The first-order valence-electron chi connectivity index (χ1n) is 8.50. The SMILES string of the molecule is CC(C)(C)OC(=O)C12CCCN1[C@@H](c1cccnc1Cl)[C@@H](CO)C2. The van der Waals surface area contributed by atoms with Crippen LogP contribution in [0.25, 0.3) is 0 Å². The van der Waals surface area contributed by atoms with Gasteiger partial charge in [-0.15, -0.1) is 0 Å². The monoisotopic (exact) mass is 352 g/mol. The van der Waals surface area contributed by atoms with Crippen LogP contribution in [0.15, 0.2) is 18.3 Å². The van der Waals surface area contributed by atoms with Crippen LogP contribution in [0.5, 0.6) is 0 Å². The molecule has 3 atom stereocenters. The second kappa shape index (κ2) is 6.28. The number of fused-ring (bicyclic) bond motifs is 1. The number of halogens is 1. The fourth-order valence-corrected chi connectivity index (χ4v) is 4.44. The van der Waals surface area contributed by atoms with Crippen LogP contribution in [-0.2, 0) is 9.53 Å². The molecule has 6 heteroatoms. The number of nitrogens with zero attached hydrogens (tertiary/aromatic N) is 2. The Morgan fingerprint density at radius 1 is 1.54 bits per heavy atom. The van der Waals surface area contributed by atoms with Crippen molar-refractivity contribution < 1.29 is 14.6 Å². The van der Waals surface area contributed by atoms with Crippen LogP contribution in [-0.4, -0.2) is 45.3 Å². The lowest BCUT2D eigenvalue weighted by atomic mass is 9.87. The van der Waals surface area contributed by atoms with Crippen molar-refractivity contribution in [2.24, 2.45) is 5.92 Å². The van der Waals surface area contributed by atoms with Crippen molar-refractivity contribution in [2.75, 3.05) is 13.2 Å². The van der Waals surface area contributed by atoms with E-state index >= 15 is 0 Å². The standard InChI is InChI=1S/C18H25ClN2O3/c1-17(2,3)24-16(23)18-7-5-9-21(18)14(12(10-18)11-22)13-6-4-8-20-15(13)19/h4,6,8,12,14,22H,5,7,9-11H2,1-3H3/t12-,14-,18?/m1/s1. The molecular weight excluding hydrogens is 328 g/mol. The van der Waals surface area contributed by atoms with Gasteiger partial charge in [0.15, 0.2) is 0 Å². The van der Waals surface area contributed by atoms with Crippen molar-refractivity contribution in [2.45, 2.75) is 57.2 Å². The van der Waals surface area contributed by atoms with E-state index in [9.17, 15) is 9.90 Å². The molecule has 1 aromatic rings. The maximum absolute atomic E-state index is 13.0. The van der Waals surface area contributed by atoms with Crippen molar-refractivity contribution in [1.82, 2.24) is 9.88 Å². The number of pyridine rings is 1. The molecule has 0 bridgehead atoms. The van der Waals surface area contributed by atoms with E-state index in [4.69, 9.17) is 16.3 Å². The summed E-state index contributed by atoms with van der Waals surface area (Å²) in [4.78, 5) is 19.4. The van der Waals surface area contributed by atoms with Crippen LogP contribution in [0.3, 0.4) is 0 Å². The summed E-state index contributed by atoms with van der Waals surface area (Å²) in [5, 5.41) is 10.4. The molecule has 3 heterocycles. The number of aliphatic hydroxyl groups is 1. The number of esters is 1. The smallest absolute Gasteiger partial charge is 0.327 e. The fourth-order valence-electron chi connectivity index (χ4n) is 4.21. The average molecular weight is 353 g/mol. The molecular formula is C18H25ClN2O3. The van der Waals surface area contributed by atoms with Gasteiger partial charge in [0, 0.05) is 30.3 Å². The average Bonchev–Trinajstić information content (AvgIpc) is 3.03. The normalized spacial score (nSPS) is 30.4. The number of aromatic nitrogens is 1. The minimum atomic E-state index is -0.662. The molecule has 2 fully saturated rings. The Bertz CT molecular complexity index is 631. The molecule has 0 saturated carbocycles. The number of carbonyl (C=O) groups excluding carboxylic acids is 1. The van der Waals surface area contributed by atoms with Crippen molar-refractivity contribution >= 4 is 17.6 Å². The molecule has 0 spiro atoms. The number of hydrogen-bond donors (Lipinski definition) is 1. The third kappa shape index (κ3) is 2.93. The van der Waals surface area contributed by atoms with Gasteiger partial charge in [-0.25, -0.2) is 4.98 Å². The van der Waals surface area contributed by atoms with Gasteiger partial charge in [-0.2, -0.15) is 0 Å². The molecule has 5 nitrogen and oxygen atoms in total. The topological polar surface area (TPSA) is 62.7 Å². The van der Waals surface area contributed by atoms with Gasteiger partial charge in [0.25, 0.3) is 0 Å². The van der Waals surface area contributed by atoms with Crippen LogP contribution in [0.1, 0.15) is 51.6 Å². The van der Waals surface area contributed by atoms with Gasteiger partial charge < -0.3 is 9.84 Å². The molecule has 1 unspecified atom stereocenters. The molecule has 2 aliphatic rings. The van der Waals surface area contributed by atoms with E-state index in [1.54, 1.807) is 6.20 Å². The predicted octanol–water partition coefficient (Wildman–Crippen LogP) is 2.96. The molecule has 3 rings (SSSR count). The van der Waals surface area contributed by atoms with Crippen molar-refractivity contribution in [3.63, 3.8) is 0 Å². The predicted molar refractivity (Wildman–Crippen MR) is 91.7 cm³/mol. The molecule has 0 aromatic carbocycles. The zero-order valence-corrected chi connectivity index (χ0v) is 15.2. The molecule has 132 valence electrons. The summed E-state index contributed by atoms with van der Waals surface area (Å²) in [7, 11) is 0. The molecule has 0 amide bonds. The number of hydrogen-bond acceptors (Lipinski definition) is 5. The number of aliphatic hydroxyl groups excluding tert-OH is 1. The minimum Gasteiger partial charge on any atom is -0.459 e. The second-order valence-electron chi connectivity index (χ2n) is 7.81. The van der Waals surface area contributed by atoms with Gasteiger partial charge in [-0.05, 0) is 52.6 Å². The highest BCUT2D eigenvalue weighted by Crippen LogP contribution is 2.53. The summed E-state index contributed by atoms with van der Waals surface area (Å²) in [6, 6.07) is 3.68. The highest BCUT2D eigenvalue weighted by molar-refractivity contribution is 6.30. The fraction of sp³-hybridized carbons (Fsp3) is 0.667. The zero-order valence-electron chi connectivity index (χ0n) is 14.5. The van der Waals surface area contributed by atoms with Crippen LogP contribution in [0.4, 0.5) is 0 Å². The van der Waals surface area contributed by atoms with Crippen molar-refractivity contribution in [3.8, 4) is 0 Å². The Morgan fingerprint density at radius 2 is 2.29 bits per heavy atom. The molecule has 0 aliphatic carbocycles. The van der Waals surface area contributed by atoms with Gasteiger partial charge in [-0.3, -0.25) is 9.69 Å². The van der Waals surface area contributed by atoms with E-state index in [-0.39, 0.29) is 24.5 Å². The Labute approximate surface area is 148 Å². The molecule has 0 radical (unpaired) electrons. The lowest BCUT2D eigenvalue weighted by molar-refractivity contribution is -0.167. The number of rotatable bonds is 3. The Balaban J connectivity index is 1.98. The van der Waals surface area contributed by atoms with Crippen LogP contribution in [0.2, 0.25) is 5.15 Å².